The molecule has 1 aliphatic carbocycles. The van der Waals surface area contributed by atoms with Crippen molar-refractivity contribution >= 4 is 11.8 Å². The van der Waals surface area contributed by atoms with Crippen LogP contribution in [-0.2, 0) is 14.3 Å². The molecule has 0 radical (unpaired) electrons. The van der Waals surface area contributed by atoms with Gasteiger partial charge in [0.15, 0.2) is 0 Å². The molecule has 0 bridgehead atoms. The van der Waals surface area contributed by atoms with Crippen molar-refractivity contribution in [3.63, 3.8) is 0 Å². The van der Waals surface area contributed by atoms with Gasteiger partial charge in [-0.25, -0.2) is 0 Å². The lowest BCUT2D eigenvalue weighted by molar-refractivity contribution is -0.144. The molecule has 21 heavy (non-hydrogen) atoms. The van der Waals surface area contributed by atoms with Gasteiger partial charge in [-0.3, -0.25) is 9.59 Å². The van der Waals surface area contributed by atoms with Crippen molar-refractivity contribution in [2.75, 3.05) is 14.1 Å². The summed E-state index contributed by atoms with van der Waals surface area (Å²) >= 11 is 0. The Bertz CT molecular complexity index is 359. The zero-order chi connectivity index (χ0) is 16.0. The molecule has 1 aliphatic rings. The second-order valence-electron chi connectivity index (χ2n) is 6.71. The second-order valence-corrected chi connectivity index (χ2v) is 6.71. The second kappa shape index (κ2) is 7.78. The smallest absolute Gasteiger partial charge is 0.249 e. The molecule has 1 rings (SSSR count). The molecule has 0 heterocycles. The number of rotatable bonds is 5. The van der Waals surface area contributed by atoms with E-state index in [0.717, 1.165) is 12.8 Å². The molecule has 1 atom stereocenters. The van der Waals surface area contributed by atoms with Gasteiger partial charge in [-0.2, -0.15) is 0 Å². The van der Waals surface area contributed by atoms with Crippen molar-refractivity contribution < 1.29 is 14.3 Å². The molecule has 1 fully saturated rings. The van der Waals surface area contributed by atoms with Crippen LogP contribution in [0.4, 0.5) is 0 Å². The predicted molar refractivity (Wildman–Crippen MR) is 83.0 cm³/mol. The van der Waals surface area contributed by atoms with E-state index in [1.807, 2.05) is 0 Å². The van der Waals surface area contributed by atoms with Crippen molar-refractivity contribution in [1.29, 1.82) is 0 Å². The van der Waals surface area contributed by atoms with Gasteiger partial charge in [-0.15, -0.1) is 0 Å². The van der Waals surface area contributed by atoms with Crippen molar-refractivity contribution in [3.05, 3.63) is 0 Å². The van der Waals surface area contributed by atoms with E-state index in [1.165, 1.54) is 30.6 Å². The zero-order valence-electron chi connectivity index (χ0n) is 14.1. The highest BCUT2D eigenvalue weighted by molar-refractivity contribution is 5.91. The highest BCUT2D eigenvalue weighted by Crippen LogP contribution is 2.21. The molecule has 0 saturated heterocycles. The van der Waals surface area contributed by atoms with Gasteiger partial charge in [0.25, 0.3) is 0 Å². The lowest BCUT2D eigenvalue weighted by Gasteiger charge is -2.30. The fraction of sp³-hybridized carbons (Fsp3) is 0.875. The molecular weight excluding hydrogens is 268 g/mol. The highest BCUT2D eigenvalue weighted by atomic mass is 16.5. The first-order valence-electron chi connectivity index (χ1n) is 7.93. The van der Waals surface area contributed by atoms with Crippen LogP contribution in [-0.4, -0.2) is 48.6 Å². The van der Waals surface area contributed by atoms with E-state index in [0.29, 0.717) is 0 Å². The number of carbonyl (C=O) groups excluding carboxylic acids is 2. The third-order valence-electron chi connectivity index (χ3n) is 3.94. The van der Waals surface area contributed by atoms with Crippen LogP contribution in [0, 0.1) is 0 Å². The Labute approximate surface area is 128 Å². The lowest BCUT2D eigenvalue weighted by Crippen LogP contribution is -2.56. The monoisotopic (exact) mass is 298 g/mol. The van der Waals surface area contributed by atoms with Crippen LogP contribution in [0.3, 0.4) is 0 Å². The number of amides is 2. The molecular formula is C16H30N2O3. The largest absolute Gasteiger partial charge is 0.365 e. The van der Waals surface area contributed by atoms with E-state index >= 15 is 0 Å². The maximum atomic E-state index is 12.2. The zero-order valence-corrected chi connectivity index (χ0v) is 14.1. The number of ether oxygens (including phenoxy) is 1. The summed E-state index contributed by atoms with van der Waals surface area (Å²) in [6.45, 7) is 5.19. The Morgan fingerprint density at radius 2 is 1.67 bits per heavy atom. The average Bonchev–Trinajstić information content (AvgIpc) is 2.65. The third kappa shape index (κ3) is 5.65. The first-order valence-corrected chi connectivity index (χ1v) is 7.93. The van der Waals surface area contributed by atoms with E-state index < -0.39 is 11.6 Å². The van der Waals surface area contributed by atoms with E-state index in [-0.39, 0.29) is 17.9 Å². The average molecular weight is 298 g/mol. The van der Waals surface area contributed by atoms with Crippen LogP contribution in [0.25, 0.3) is 0 Å². The summed E-state index contributed by atoms with van der Waals surface area (Å²) in [5, 5.41) is 2.79. The Morgan fingerprint density at radius 1 is 1.14 bits per heavy atom. The first-order chi connectivity index (χ1) is 9.74. The minimum atomic E-state index is -0.915. The summed E-state index contributed by atoms with van der Waals surface area (Å²) in [6, 6.07) is 0. The van der Waals surface area contributed by atoms with Gasteiger partial charge in [0, 0.05) is 14.1 Å². The van der Waals surface area contributed by atoms with Crippen molar-refractivity contribution in [1.82, 2.24) is 10.2 Å². The Hall–Kier alpha value is -1.10. The van der Waals surface area contributed by atoms with E-state index in [1.54, 1.807) is 34.9 Å². The quantitative estimate of drug-likeness (QED) is 0.791. The highest BCUT2D eigenvalue weighted by Gasteiger charge is 2.33. The van der Waals surface area contributed by atoms with Crippen molar-refractivity contribution in [3.8, 4) is 0 Å². The molecule has 0 unspecified atom stereocenters. The normalized spacial score (nSPS) is 18.7. The first kappa shape index (κ1) is 18.0. The van der Waals surface area contributed by atoms with Crippen LogP contribution >= 0.6 is 0 Å². The summed E-state index contributed by atoms with van der Waals surface area (Å²) in [5.41, 5.74) is -0.915. The summed E-state index contributed by atoms with van der Waals surface area (Å²) in [4.78, 5) is 25.8. The van der Waals surface area contributed by atoms with Gasteiger partial charge in [0.05, 0.1) is 6.10 Å². The Kier molecular flexibility index (Phi) is 6.65. The summed E-state index contributed by atoms with van der Waals surface area (Å²) in [5.74, 6) is -0.350. The molecule has 122 valence electrons. The Balaban J connectivity index is 2.51. The minimum Gasteiger partial charge on any atom is -0.365 e. The van der Waals surface area contributed by atoms with Crippen LogP contribution in [0.15, 0.2) is 0 Å². The van der Waals surface area contributed by atoms with Gasteiger partial charge in [-0.1, -0.05) is 25.7 Å². The van der Waals surface area contributed by atoms with Crippen molar-refractivity contribution in [2.24, 2.45) is 0 Å². The summed E-state index contributed by atoms with van der Waals surface area (Å²) in [6.07, 6.45) is 6.54. The van der Waals surface area contributed by atoms with Gasteiger partial charge in [0.1, 0.15) is 11.6 Å². The van der Waals surface area contributed by atoms with Gasteiger partial charge in [-0.05, 0) is 33.6 Å². The number of likely N-dealkylation sites (N-methyl/N-ethyl adjacent to an activating group) is 1. The fourth-order valence-electron chi connectivity index (χ4n) is 2.75. The van der Waals surface area contributed by atoms with E-state index in [9.17, 15) is 9.59 Å². The Morgan fingerprint density at radius 3 is 2.14 bits per heavy atom. The van der Waals surface area contributed by atoms with Crippen LogP contribution in [0.1, 0.15) is 59.3 Å². The number of hydrogen-bond acceptors (Lipinski definition) is 3. The maximum Gasteiger partial charge on any atom is 0.249 e. The van der Waals surface area contributed by atoms with Crippen LogP contribution < -0.4 is 5.32 Å². The topological polar surface area (TPSA) is 58.6 Å². The van der Waals surface area contributed by atoms with E-state index in [2.05, 4.69) is 5.32 Å². The van der Waals surface area contributed by atoms with Gasteiger partial charge < -0.3 is 15.0 Å². The standard InChI is InChI=1S/C16H30N2O3/c1-12(21-13-10-8-6-7-9-11-13)14(19)17-16(2,3)15(20)18(4)5/h12-13H,6-11H2,1-5H3,(H,17,19)/t12-/m1/s1. The molecule has 5 heteroatoms. The molecule has 0 spiro atoms. The molecule has 5 nitrogen and oxygen atoms in total. The lowest BCUT2D eigenvalue weighted by atomic mass is 10.0. The van der Waals surface area contributed by atoms with Crippen LogP contribution in [0.2, 0.25) is 0 Å². The minimum absolute atomic E-state index is 0.127. The number of carbonyl (C=O) groups is 2. The molecule has 0 aromatic heterocycles. The molecule has 0 aromatic rings. The molecule has 2 amide bonds. The van der Waals surface area contributed by atoms with Gasteiger partial charge >= 0.3 is 0 Å². The van der Waals surface area contributed by atoms with E-state index in [4.69, 9.17) is 4.74 Å². The molecule has 1 saturated carbocycles. The number of nitrogens with one attached hydrogen (secondary N) is 1. The SMILES string of the molecule is C[C@@H](OC1CCCCCC1)C(=O)NC(C)(C)C(=O)N(C)C. The molecule has 0 aromatic carbocycles. The molecule has 1 N–H and O–H groups in total. The third-order valence-corrected chi connectivity index (χ3v) is 3.94. The van der Waals surface area contributed by atoms with Crippen LogP contribution in [0.5, 0.6) is 0 Å². The number of hydrogen-bond donors (Lipinski definition) is 1. The maximum absolute atomic E-state index is 12.2. The van der Waals surface area contributed by atoms with Crippen molar-refractivity contribution in [2.45, 2.75) is 77.0 Å². The fourth-order valence-corrected chi connectivity index (χ4v) is 2.75. The van der Waals surface area contributed by atoms with Gasteiger partial charge in [0.2, 0.25) is 11.8 Å². The summed E-state index contributed by atoms with van der Waals surface area (Å²) < 4.78 is 5.88. The summed E-state index contributed by atoms with van der Waals surface area (Å²) in [7, 11) is 3.36. The predicted octanol–water partition coefficient (Wildman–Crippen LogP) is 2.10. The number of nitrogens with zero attached hydrogens (tertiary/aromatic N) is 1. The molecule has 0 aliphatic heterocycles.